The van der Waals surface area contributed by atoms with Gasteiger partial charge in [0.05, 0.1) is 0 Å². The van der Waals surface area contributed by atoms with Gasteiger partial charge in [-0.15, -0.1) is 0 Å². The van der Waals surface area contributed by atoms with Crippen molar-refractivity contribution in [1.82, 2.24) is 14.6 Å². The lowest BCUT2D eigenvalue weighted by Gasteiger charge is -2.12. The molecule has 2 heterocycles. The predicted octanol–water partition coefficient (Wildman–Crippen LogP) is 0.947. The molecular weight excluding hydrogens is 374 g/mol. The maximum Gasteiger partial charge on any atom is 0.234 e. The molecule has 10 heteroatoms. The zero-order valence-corrected chi connectivity index (χ0v) is 16.7. The molecule has 0 aliphatic heterocycles. The van der Waals surface area contributed by atoms with E-state index in [0.29, 0.717) is 28.9 Å². The zero-order valence-electron chi connectivity index (χ0n) is 16.7. The molecule has 6 N–H and O–H groups in total. The number of nitrogens with one attached hydrogen (secondary N) is 1. The van der Waals surface area contributed by atoms with Crippen molar-refractivity contribution in [3.63, 3.8) is 0 Å². The van der Waals surface area contributed by atoms with Crippen LogP contribution in [0.4, 0.5) is 11.5 Å². The lowest BCUT2D eigenvalue weighted by Crippen LogP contribution is -2.14. The fraction of sp³-hybridized carbons (Fsp3) is 0.211. The molecule has 0 fully saturated rings. The third-order valence-corrected chi connectivity index (χ3v) is 3.97. The summed E-state index contributed by atoms with van der Waals surface area (Å²) >= 11 is 0. The average Bonchev–Trinajstić information content (AvgIpc) is 3.09. The van der Waals surface area contributed by atoms with Gasteiger partial charge in [0, 0.05) is 30.1 Å². The van der Waals surface area contributed by atoms with Gasteiger partial charge in [0.25, 0.3) is 0 Å². The van der Waals surface area contributed by atoms with Crippen molar-refractivity contribution < 1.29 is 14.7 Å². The number of hydrogen-bond donors (Lipinski definition) is 4. The van der Waals surface area contributed by atoms with E-state index in [4.69, 9.17) is 10.8 Å². The van der Waals surface area contributed by atoms with Gasteiger partial charge >= 0.3 is 0 Å². The van der Waals surface area contributed by atoms with Crippen molar-refractivity contribution in [3.8, 4) is 0 Å². The molecule has 0 bridgehead atoms. The first-order valence-corrected chi connectivity index (χ1v) is 8.50. The molecule has 0 saturated heterocycles. The minimum Gasteiger partial charge on any atom is -0.400 e. The third-order valence-electron chi connectivity index (χ3n) is 3.97. The minimum atomic E-state index is 0.132. The van der Waals surface area contributed by atoms with Crippen LogP contribution in [0.2, 0.25) is 0 Å². The minimum absolute atomic E-state index is 0.132. The highest BCUT2D eigenvalue weighted by molar-refractivity contribution is 6.01. The van der Waals surface area contributed by atoms with Crippen LogP contribution in [0.15, 0.2) is 35.7 Å². The predicted molar refractivity (Wildman–Crippen MR) is 113 cm³/mol. The zero-order chi connectivity index (χ0) is 22.0. The van der Waals surface area contributed by atoms with Gasteiger partial charge in [0.1, 0.15) is 17.7 Å². The van der Waals surface area contributed by atoms with E-state index >= 15 is 0 Å². The summed E-state index contributed by atoms with van der Waals surface area (Å²) in [5, 5.41) is 14.4. The van der Waals surface area contributed by atoms with Gasteiger partial charge in [-0.05, 0) is 38.1 Å². The van der Waals surface area contributed by atoms with E-state index in [2.05, 4.69) is 26.1 Å². The van der Waals surface area contributed by atoms with E-state index in [9.17, 15) is 9.59 Å². The van der Waals surface area contributed by atoms with E-state index in [1.807, 2.05) is 19.9 Å². The second-order valence-corrected chi connectivity index (χ2v) is 5.50. The summed E-state index contributed by atoms with van der Waals surface area (Å²) in [7, 11) is 2.50. The Morgan fingerprint density at radius 3 is 2.55 bits per heavy atom. The average molecular weight is 399 g/mol. The van der Waals surface area contributed by atoms with E-state index in [-0.39, 0.29) is 5.84 Å². The molecular formula is C19H25N7O3. The van der Waals surface area contributed by atoms with Crippen molar-refractivity contribution >= 4 is 35.6 Å². The Balaban J connectivity index is 0.000000989. The Morgan fingerprint density at radius 2 is 1.93 bits per heavy atom. The number of aromatic nitrogens is 3. The highest BCUT2D eigenvalue weighted by Gasteiger charge is 2.13. The van der Waals surface area contributed by atoms with Gasteiger partial charge in [0.15, 0.2) is 12.1 Å². The van der Waals surface area contributed by atoms with Gasteiger partial charge in [-0.3, -0.25) is 9.59 Å². The summed E-state index contributed by atoms with van der Waals surface area (Å²) in [6.45, 7) is 3.77. The number of benzene rings is 1. The van der Waals surface area contributed by atoms with Gasteiger partial charge in [-0.2, -0.15) is 10.1 Å². The second-order valence-electron chi connectivity index (χ2n) is 5.50. The molecule has 154 valence electrons. The summed E-state index contributed by atoms with van der Waals surface area (Å²) in [6, 6.07) is 5.44. The number of amidine groups is 1. The summed E-state index contributed by atoms with van der Waals surface area (Å²) in [4.78, 5) is 29.5. The number of carbonyl (C=O) groups is 2. The van der Waals surface area contributed by atoms with Crippen molar-refractivity contribution in [1.29, 1.82) is 0 Å². The molecule has 0 aliphatic rings. The Labute approximate surface area is 168 Å². The van der Waals surface area contributed by atoms with Crippen LogP contribution in [0.25, 0.3) is 5.52 Å². The molecule has 0 radical (unpaired) electrons. The third kappa shape index (κ3) is 5.21. The standard InChI is InChI=1S/C17H16N6O2.CH5N.CH4O/c1-10-3-4-12(16(18)20-9-25)5-14(10)22-17-15-11(2)13(7-24)6-23(15)21-8-19-17;2*1-2/h3-9H,1-2H3,(H2,18,20,25)(H,19,21,22);2H2,1H3;2H,1H3. The number of nitrogens with zero attached hydrogens (tertiary/aromatic N) is 4. The molecule has 3 aromatic rings. The summed E-state index contributed by atoms with van der Waals surface area (Å²) in [5.41, 5.74) is 14.7. The van der Waals surface area contributed by atoms with Crippen LogP contribution in [0, 0.1) is 13.8 Å². The highest BCUT2D eigenvalue weighted by Crippen LogP contribution is 2.26. The van der Waals surface area contributed by atoms with E-state index in [0.717, 1.165) is 30.2 Å². The number of aliphatic imine (C=N–C) groups is 1. The molecule has 10 nitrogen and oxygen atoms in total. The van der Waals surface area contributed by atoms with Crippen molar-refractivity contribution in [2.45, 2.75) is 13.8 Å². The number of aldehydes is 1. The number of aryl methyl sites for hydroxylation is 2. The maximum absolute atomic E-state index is 11.2. The number of amides is 1. The number of fused-ring (bicyclic) bond motifs is 1. The fourth-order valence-electron chi connectivity index (χ4n) is 2.56. The van der Waals surface area contributed by atoms with Crippen LogP contribution < -0.4 is 16.8 Å². The number of rotatable bonds is 5. The van der Waals surface area contributed by atoms with Gasteiger partial charge in [0.2, 0.25) is 6.41 Å². The largest absolute Gasteiger partial charge is 0.400 e. The lowest BCUT2D eigenvalue weighted by molar-refractivity contribution is -0.106. The number of aliphatic hydroxyl groups excluding tert-OH is 1. The van der Waals surface area contributed by atoms with Gasteiger partial charge in [-0.25, -0.2) is 9.50 Å². The summed E-state index contributed by atoms with van der Waals surface area (Å²) in [6.07, 6.45) is 4.25. The molecule has 3 rings (SSSR count). The lowest BCUT2D eigenvalue weighted by atomic mass is 10.1. The quantitative estimate of drug-likeness (QED) is 0.280. The molecule has 0 aliphatic carbocycles. The molecule has 0 spiro atoms. The first-order valence-electron chi connectivity index (χ1n) is 8.50. The molecule has 0 unspecified atom stereocenters. The van der Waals surface area contributed by atoms with Gasteiger partial charge < -0.3 is 21.9 Å². The summed E-state index contributed by atoms with van der Waals surface area (Å²) < 4.78 is 1.61. The number of hydrogen-bond acceptors (Lipinski definition) is 7. The molecule has 29 heavy (non-hydrogen) atoms. The van der Waals surface area contributed by atoms with E-state index in [1.54, 1.807) is 22.8 Å². The topological polar surface area (TPSA) is 161 Å². The number of nitrogens with two attached hydrogens (primary N) is 2. The van der Waals surface area contributed by atoms with Gasteiger partial charge in [-0.1, -0.05) is 12.1 Å². The monoisotopic (exact) mass is 399 g/mol. The van der Waals surface area contributed by atoms with Crippen molar-refractivity contribution in [2.75, 3.05) is 19.5 Å². The SMILES string of the molecule is CN.CO.Cc1ccc(C(N)=NC=O)cc1Nc1ncnn2cc(C=O)c(C)c12. The molecule has 0 atom stereocenters. The van der Waals surface area contributed by atoms with Crippen LogP contribution in [0.1, 0.15) is 27.0 Å². The van der Waals surface area contributed by atoms with Crippen LogP contribution in [-0.4, -0.2) is 52.4 Å². The first-order chi connectivity index (χ1) is 14.0. The van der Waals surface area contributed by atoms with Crippen LogP contribution in [0.3, 0.4) is 0 Å². The second kappa shape index (κ2) is 11.3. The van der Waals surface area contributed by atoms with Crippen molar-refractivity contribution in [3.05, 3.63) is 53.0 Å². The van der Waals surface area contributed by atoms with Crippen LogP contribution in [0.5, 0.6) is 0 Å². The number of aliphatic hydroxyl groups is 1. The number of carbonyl (C=O) groups excluding carboxylic acids is 2. The Hall–Kier alpha value is -3.63. The Kier molecular flexibility index (Phi) is 9.10. The molecule has 0 saturated carbocycles. The summed E-state index contributed by atoms with van der Waals surface area (Å²) in [5.74, 6) is 0.694. The molecule has 1 aromatic carbocycles. The Morgan fingerprint density at radius 1 is 1.24 bits per heavy atom. The number of anilines is 2. The highest BCUT2D eigenvalue weighted by atomic mass is 16.2. The fourth-order valence-corrected chi connectivity index (χ4v) is 2.56. The van der Waals surface area contributed by atoms with Crippen LogP contribution in [-0.2, 0) is 4.79 Å². The van der Waals surface area contributed by atoms with E-state index in [1.165, 1.54) is 13.4 Å². The molecule has 2 aromatic heterocycles. The van der Waals surface area contributed by atoms with E-state index < -0.39 is 0 Å². The molecule has 1 amide bonds. The smallest absolute Gasteiger partial charge is 0.234 e. The first kappa shape index (κ1) is 23.4. The normalized spacial score (nSPS) is 10.3. The van der Waals surface area contributed by atoms with Crippen LogP contribution >= 0.6 is 0 Å². The van der Waals surface area contributed by atoms with Crippen molar-refractivity contribution in [2.24, 2.45) is 16.5 Å². The maximum atomic E-state index is 11.2. The Bertz CT molecular complexity index is 1010.